The standard InChI is InChI=1S/C11H17N3O2/c15-7-9-2-1-5-14(9)6-10-12-11(16-13-10)8-3-4-8/h8-9,15H,1-7H2/t9-/m1/s1. The lowest BCUT2D eigenvalue weighted by Gasteiger charge is -2.20. The summed E-state index contributed by atoms with van der Waals surface area (Å²) in [5, 5.41) is 13.2. The molecule has 2 heterocycles. The minimum Gasteiger partial charge on any atom is -0.395 e. The lowest BCUT2D eigenvalue weighted by atomic mass is 10.2. The van der Waals surface area contributed by atoms with Crippen LogP contribution in [0.5, 0.6) is 0 Å². The molecular weight excluding hydrogens is 206 g/mol. The molecule has 1 N–H and O–H groups in total. The summed E-state index contributed by atoms with van der Waals surface area (Å²) in [7, 11) is 0. The maximum atomic E-state index is 9.21. The molecule has 16 heavy (non-hydrogen) atoms. The molecule has 2 aliphatic rings. The predicted molar refractivity (Wildman–Crippen MR) is 56.8 cm³/mol. The van der Waals surface area contributed by atoms with Gasteiger partial charge in [0.05, 0.1) is 13.2 Å². The number of nitrogens with zero attached hydrogens (tertiary/aromatic N) is 3. The summed E-state index contributed by atoms with van der Waals surface area (Å²) in [4.78, 5) is 6.64. The number of aromatic nitrogens is 2. The van der Waals surface area contributed by atoms with E-state index >= 15 is 0 Å². The summed E-state index contributed by atoms with van der Waals surface area (Å²) >= 11 is 0. The van der Waals surface area contributed by atoms with Crippen molar-refractivity contribution in [1.29, 1.82) is 0 Å². The van der Waals surface area contributed by atoms with Gasteiger partial charge in [0, 0.05) is 12.0 Å². The zero-order valence-electron chi connectivity index (χ0n) is 9.30. The van der Waals surface area contributed by atoms with Gasteiger partial charge in [-0.25, -0.2) is 0 Å². The van der Waals surface area contributed by atoms with E-state index in [9.17, 15) is 5.11 Å². The van der Waals surface area contributed by atoms with Crippen LogP contribution in [0.2, 0.25) is 0 Å². The fraction of sp³-hybridized carbons (Fsp3) is 0.818. The van der Waals surface area contributed by atoms with Gasteiger partial charge in [0.25, 0.3) is 0 Å². The van der Waals surface area contributed by atoms with Crippen LogP contribution in [0, 0.1) is 0 Å². The van der Waals surface area contributed by atoms with Gasteiger partial charge in [-0.1, -0.05) is 5.16 Å². The van der Waals surface area contributed by atoms with E-state index in [1.807, 2.05) is 0 Å². The average Bonchev–Trinajstić information content (AvgIpc) is 2.88. The summed E-state index contributed by atoms with van der Waals surface area (Å²) in [5.74, 6) is 2.09. The number of hydrogen-bond donors (Lipinski definition) is 1. The molecule has 1 aromatic rings. The van der Waals surface area contributed by atoms with Crippen LogP contribution < -0.4 is 0 Å². The van der Waals surface area contributed by atoms with E-state index < -0.39 is 0 Å². The molecule has 1 aliphatic carbocycles. The SMILES string of the molecule is OC[C@H]1CCCN1Cc1noc(C2CC2)n1. The Morgan fingerprint density at radius 2 is 2.25 bits per heavy atom. The topological polar surface area (TPSA) is 62.4 Å². The van der Waals surface area contributed by atoms with E-state index in [0.29, 0.717) is 12.5 Å². The van der Waals surface area contributed by atoms with Crippen molar-refractivity contribution >= 4 is 0 Å². The van der Waals surface area contributed by atoms with Crippen molar-refractivity contribution in [1.82, 2.24) is 15.0 Å². The summed E-state index contributed by atoms with van der Waals surface area (Å²) in [6.45, 7) is 1.97. The van der Waals surface area contributed by atoms with Crippen LogP contribution in [-0.2, 0) is 6.54 Å². The Balaban J connectivity index is 1.63. The van der Waals surface area contributed by atoms with Crippen LogP contribution in [-0.4, -0.2) is 39.3 Å². The summed E-state index contributed by atoms with van der Waals surface area (Å²) in [6.07, 6.45) is 4.59. The van der Waals surface area contributed by atoms with E-state index in [1.54, 1.807) is 0 Å². The van der Waals surface area contributed by atoms with Crippen molar-refractivity contribution in [2.24, 2.45) is 0 Å². The summed E-state index contributed by atoms with van der Waals surface area (Å²) < 4.78 is 5.22. The Bertz CT molecular complexity index is 362. The minimum absolute atomic E-state index is 0.229. The summed E-state index contributed by atoms with van der Waals surface area (Å²) in [5.41, 5.74) is 0. The van der Waals surface area contributed by atoms with E-state index in [0.717, 1.165) is 31.1 Å². The van der Waals surface area contributed by atoms with Crippen LogP contribution in [0.25, 0.3) is 0 Å². The highest BCUT2D eigenvalue weighted by molar-refractivity contribution is 5.02. The molecule has 1 aromatic heterocycles. The Hall–Kier alpha value is -0.940. The van der Waals surface area contributed by atoms with E-state index in [4.69, 9.17) is 4.52 Å². The molecule has 0 spiro atoms. The fourth-order valence-corrected chi connectivity index (χ4v) is 2.32. The van der Waals surface area contributed by atoms with Gasteiger partial charge in [0.2, 0.25) is 5.89 Å². The molecule has 1 saturated carbocycles. The second-order valence-corrected chi connectivity index (χ2v) is 4.77. The minimum atomic E-state index is 0.229. The van der Waals surface area contributed by atoms with Gasteiger partial charge in [-0.2, -0.15) is 4.98 Å². The monoisotopic (exact) mass is 223 g/mol. The largest absolute Gasteiger partial charge is 0.395 e. The van der Waals surface area contributed by atoms with Crippen molar-refractivity contribution in [3.63, 3.8) is 0 Å². The molecule has 0 amide bonds. The van der Waals surface area contributed by atoms with Crippen LogP contribution in [0.4, 0.5) is 0 Å². The zero-order valence-corrected chi connectivity index (χ0v) is 9.30. The van der Waals surface area contributed by atoms with Crippen molar-refractivity contribution in [3.8, 4) is 0 Å². The average molecular weight is 223 g/mol. The van der Waals surface area contributed by atoms with Crippen molar-refractivity contribution in [2.75, 3.05) is 13.2 Å². The summed E-state index contributed by atoms with van der Waals surface area (Å²) in [6, 6.07) is 0.280. The molecule has 88 valence electrons. The van der Waals surface area contributed by atoms with Crippen LogP contribution >= 0.6 is 0 Å². The number of hydrogen-bond acceptors (Lipinski definition) is 5. The molecular formula is C11H17N3O2. The molecule has 1 aliphatic heterocycles. The van der Waals surface area contributed by atoms with Gasteiger partial charge in [-0.15, -0.1) is 0 Å². The van der Waals surface area contributed by atoms with Gasteiger partial charge < -0.3 is 9.63 Å². The van der Waals surface area contributed by atoms with Gasteiger partial charge in [0.1, 0.15) is 0 Å². The molecule has 1 atom stereocenters. The first-order valence-electron chi connectivity index (χ1n) is 6.04. The first-order valence-corrected chi connectivity index (χ1v) is 6.04. The second-order valence-electron chi connectivity index (χ2n) is 4.77. The fourth-order valence-electron chi connectivity index (χ4n) is 2.32. The van der Waals surface area contributed by atoms with Gasteiger partial charge in [0.15, 0.2) is 5.82 Å². The first kappa shape index (κ1) is 10.2. The number of rotatable bonds is 4. The Morgan fingerprint density at radius 3 is 3.00 bits per heavy atom. The lowest BCUT2D eigenvalue weighted by molar-refractivity contribution is 0.150. The Kier molecular flexibility index (Phi) is 2.65. The number of aliphatic hydroxyl groups is 1. The van der Waals surface area contributed by atoms with Crippen LogP contribution in [0.15, 0.2) is 4.52 Å². The molecule has 0 aromatic carbocycles. The third kappa shape index (κ3) is 1.97. The van der Waals surface area contributed by atoms with Crippen molar-refractivity contribution < 1.29 is 9.63 Å². The van der Waals surface area contributed by atoms with Crippen molar-refractivity contribution in [3.05, 3.63) is 11.7 Å². The second kappa shape index (κ2) is 4.14. The number of likely N-dealkylation sites (tertiary alicyclic amines) is 1. The molecule has 5 nitrogen and oxygen atoms in total. The molecule has 0 unspecified atom stereocenters. The third-order valence-electron chi connectivity index (χ3n) is 3.46. The highest BCUT2D eigenvalue weighted by Gasteiger charge is 2.30. The molecule has 0 bridgehead atoms. The van der Waals surface area contributed by atoms with Gasteiger partial charge >= 0.3 is 0 Å². The lowest BCUT2D eigenvalue weighted by Crippen LogP contribution is -2.31. The highest BCUT2D eigenvalue weighted by Crippen LogP contribution is 2.38. The normalized spacial score (nSPS) is 26.4. The smallest absolute Gasteiger partial charge is 0.229 e. The Labute approximate surface area is 94.4 Å². The van der Waals surface area contributed by atoms with E-state index in [1.165, 1.54) is 12.8 Å². The number of aliphatic hydroxyl groups excluding tert-OH is 1. The maximum Gasteiger partial charge on any atom is 0.229 e. The molecule has 3 rings (SSSR count). The van der Waals surface area contributed by atoms with E-state index in [-0.39, 0.29) is 12.6 Å². The quantitative estimate of drug-likeness (QED) is 0.821. The molecule has 0 radical (unpaired) electrons. The van der Waals surface area contributed by atoms with E-state index in [2.05, 4.69) is 15.0 Å². The van der Waals surface area contributed by atoms with Gasteiger partial charge in [-0.05, 0) is 32.2 Å². The zero-order chi connectivity index (χ0) is 11.0. The molecule has 1 saturated heterocycles. The first-order chi connectivity index (χ1) is 7.86. The predicted octanol–water partition coefficient (Wildman–Crippen LogP) is 0.904. The van der Waals surface area contributed by atoms with Crippen molar-refractivity contribution in [2.45, 2.75) is 44.2 Å². The Morgan fingerprint density at radius 1 is 1.38 bits per heavy atom. The van der Waals surface area contributed by atoms with Gasteiger partial charge in [-0.3, -0.25) is 4.90 Å². The van der Waals surface area contributed by atoms with Crippen LogP contribution in [0.1, 0.15) is 43.3 Å². The van der Waals surface area contributed by atoms with Crippen LogP contribution in [0.3, 0.4) is 0 Å². The maximum absolute atomic E-state index is 9.21. The molecule has 2 fully saturated rings. The highest BCUT2D eigenvalue weighted by atomic mass is 16.5. The third-order valence-corrected chi connectivity index (χ3v) is 3.46. The molecule has 5 heteroatoms.